The summed E-state index contributed by atoms with van der Waals surface area (Å²) in [6.45, 7) is 5.67. The van der Waals surface area contributed by atoms with E-state index in [4.69, 9.17) is 9.72 Å². The minimum Gasteiger partial charge on any atom is -0.481 e. The van der Waals surface area contributed by atoms with E-state index in [0.717, 1.165) is 54.4 Å². The molecule has 3 aromatic rings. The minimum absolute atomic E-state index is 0.139. The smallest absolute Gasteiger partial charge is 0.316 e. The Morgan fingerprint density at radius 1 is 1.22 bits per heavy atom. The second kappa shape index (κ2) is 10.2. The molecule has 0 spiro atoms. The maximum atomic E-state index is 11.4. The van der Waals surface area contributed by atoms with Crippen LogP contribution in [-0.2, 0) is 24.9 Å². The number of anilines is 1. The zero-order valence-corrected chi connectivity index (χ0v) is 21.1. The van der Waals surface area contributed by atoms with E-state index in [1.807, 2.05) is 19.2 Å². The highest BCUT2D eigenvalue weighted by Gasteiger charge is 2.32. The third-order valence-electron chi connectivity index (χ3n) is 7.65. The summed E-state index contributed by atoms with van der Waals surface area (Å²) in [5, 5.41) is 18.0. The third-order valence-corrected chi connectivity index (χ3v) is 7.65. The molecule has 1 saturated carbocycles. The Hall–Kier alpha value is -3.56. The average molecular weight is 492 g/mol. The van der Waals surface area contributed by atoms with Gasteiger partial charge >= 0.3 is 12.0 Å². The van der Waals surface area contributed by atoms with E-state index in [9.17, 15) is 9.90 Å². The Balaban J connectivity index is 1.33. The molecule has 36 heavy (non-hydrogen) atoms. The first kappa shape index (κ1) is 24.1. The second-order valence-corrected chi connectivity index (χ2v) is 9.83. The fraction of sp³-hybridized carbons (Fsp3) is 0.538. The fourth-order valence-corrected chi connectivity index (χ4v) is 5.02. The molecular formula is C26H33N7O3. The SMILES string of the molecule is CCc1nc(-c2nnn(C)c2COc2nccc(C3CCC3)n2)ccc1N1CC[C@H]([C@@H](C)C(=O)O)C1. The van der Waals surface area contributed by atoms with Crippen LogP contribution in [0.5, 0.6) is 6.01 Å². The van der Waals surface area contributed by atoms with E-state index in [-0.39, 0.29) is 18.4 Å². The number of aliphatic carboxylic acids is 1. The first-order chi connectivity index (χ1) is 17.4. The maximum absolute atomic E-state index is 11.4. The van der Waals surface area contributed by atoms with Gasteiger partial charge in [-0.15, -0.1) is 5.10 Å². The van der Waals surface area contributed by atoms with Gasteiger partial charge in [0.05, 0.1) is 28.7 Å². The lowest BCUT2D eigenvalue weighted by Crippen LogP contribution is -2.26. The van der Waals surface area contributed by atoms with Crippen LogP contribution in [0.25, 0.3) is 11.4 Å². The van der Waals surface area contributed by atoms with E-state index in [0.29, 0.717) is 17.6 Å². The predicted octanol–water partition coefficient (Wildman–Crippen LogP) is 3.62. The standard InChI is InChI=1S/C26H33N7O3/c1-4-19-22(33-13-11-18(14-33)16(2)25(34)35)9-8-21(28-19)24-23(32(3)31-30-24)15-36-26-27-12-10-20(29-26)17-6-5-7-17/h8-10,12,16-18H,4-7,11,13-15H2,1-3H3,(H,34,35)/t16-,18+/m1/s1. The zero-order chi connectivity index (χ0) is 25.2. The summed E-state index contributed by atoms with van der Waals surface area (Å²) in [6, 6.07) is 6.36. The molecule has 3 aromatic heterocycles. The quantitative estimate of drug-likeness (QED) is 0.478. The molecule has 1 N–H and O–H groups in total. The molecule has 2 fully saturated rings. The monoisotopic (exact) mass is 491 g/mol. The topological polar surface area (TPSA) is 119 Å². The number of carboxylic acids is 1. The molecule has 5 rings (SSSR count). The van der Waals surface area contributed by atoms with Crippen LogP contribution >= 0.6 is 0 Å². The molecule has 0 aromatic carbocycles. The molecule has 0 radical (unpaired) electrons. The molecule has 10 heteroatoms. The van der Waals surface area contributed by atoms with E-state index in [1.165, 1.54) is 19.3 Å². The summed E-state index contributed by atoms with van der Waals surface area (Å²) >= 11 is 0. The van der Waals surface area contributed by atoms with Gasteiger partial charge < -0.3 is 14.7 Å². The molecule has 2 atom stereocenters. The maximum Gasteiger partial charge on any atom is 0.316 e. The summed E-state index contributed by atoms with van der Waals surface area (Å²) in [5.74, 6) is -0.435. The number of hydrogen-bond donors (Lipinski definition) is 1. The van der Waals surface area contributed by atoms with Crippen molar-refractivity contribution in [2.75, 3.05) is 18.0 Å². The Bertz CT molecular complexity index is 1240. The van der Waals surface area contributed by atoms with Crippen molar-refractivity contribution in [1.29, 1.82) is 0 Å². The van der Waals surface area contributed by atoms with Crippen molar-refractivity contribution >= 4 is 11.7 Å². The van der Waals surface area contributed by atoms with Crippen LogP contribution in [0.15, 0.2) is 24.4 Å². The molecule has 0 unspecified atom stereocenters. The van der Waals surface area contributed by atoms with Gasteiger partial charge in [-0.2, -0.15) is 4.98 Å². The number of aromatic nitrogens is 6. The van der Waals surface area contributed by atoms with Crippen LogP contribution in [0, 0.1) is 11.8 Å². The molecule has 190 valence electrons. The second-order valence-electron chi connectivity index (χ2n) is 9.83. The van der Waals surface area contributed by atoms with Crippen LogP contribution in [0.2, 0.25) is 0 Å². The minimum atomic E-state index is -0.733. The van der Waals surface area contributed by atoms with E-state index in [1.54, 1.807) is 17.8 Å². The van der Waals surface area contributed by atoms with Crippen LogP contribution in [-0.4, -0.2) is 54.1 Å². The predicted molar refractivity (Wildman–Crippen MR) is 134 cm³/mol. The van der Waals surface area contributed by atoms with Crippen LogP contribution in [0.3, 0.4) is 0 Å². The molecule has 1 aliphatic heterocycles. The van der Waals surface area contributed by atoms with Crippen molar-refractivity contribution in [2.24, 2.45) is 18.9 Å². The largest absolute Gasteiger partial charge is 0.481 e. The van der Waals surface area contributed by atoms with Crippen LogP contribution in [0.4, 0.5) is 5.69 Å². The lowest BCUT2D eigenvalue weighted by Gasteiger charge is -2.24. The van der Waals surface area contributed by atoms with E-state index in [2.05, 4.69) is 38.2 Å². The van der Waals surface area contributed by atoms with Crippen molar-refractivity contribution in [2.45, 2.75) is 58.5 Å². The third kappa shape index (κ3) is 4.76. The normalized spacial score (nSPS) is 18.8. The van der Waals surface area contributed by atoms with E-state index >= 15 is 0 Å². The Labute approximate surface area is 210 Å². The van der Waals surface area contributed by atoms with Crippen molar-refractivity contribution in [3.63, 3.8) is 0 Å². The first-order valence-electron chi connectivity index (χ1n) is 12.8. The molecule has 10 nitrogen and oxygen atoms in total. The number of aryl methyl sites for hydroxylation is 2. The highest BCUT2D eigenvalue weighted by Crippen LogP contribution is 2.36. The van der Waals surface area contributed by atoms with E-state index < -0.39 is 5.97 Å². The van der Waals surface area contributed by atoms with Gasteiger partial charge in [0, 0.05) is 32.3 Å². The van der Waals surface area contributed by atoms with Crippen molar-refractivity contribution < 1.29 is 14.6 Å². The number of pyridine rings is 1. The molecular weight excluding hydrogens is 458 g/mol. The Morgan fingerprint density at radius 2 is 2.06 bits per heavy atom. The van der Waals surface area contributed by atoms with Gasteiger partial charge in [0.1, 0.15) is 18.0 Å². The number of carboxylic acid groups (broad SMARTS) is 1. The molecule has 4 heterocycles. The highest BCUT2D eigenvalue weighted by atomic mass is 16.5. The Kier molecular flexibility index (Phi) is 6.84. The summed E-state index contributed by atoms with van der Waals surface area (Å²) < 4.78 is 7.66. The summed E-state index contributed by atoms with van der Waals surface area (Å²) in [7, 11) is 1.84. The number of carbonyl (C=O) groups is 1. The number of rotatable bonds is 9. The lowest BCUT2D eigenvalue weighted by molar-refractivity contribution is -0.142. The fourth-order valence-electron chi connectivity index (χ4n) is 5.02. The molecule has 0 bridgehead atoms. The highest BCUT2D eigenvalue weighted by molar-refractivity contribution is 5.70. The number of ether oxygens (including phenoxy) is 1. The van der Waals surface area contributed by atoms with Gasteiger partial charge in [-0.3, -0.25) is 4.79 Å². The van der Waals surface area contributed by atoms with Gasteiger partial charge in [-0.1, -0.05) is 25.5 Å². The summed E-state index contributed by atoms with van der Waals surface area (Å²) in [5.41, 5.74) is 5.27. The van der Waals surface area contributed by atoms with Gasteiger partial charge in [0.15, 0.2) is 0 Å². The molecule has 0 amide bonds. The Morgan fingerprint density at radius 3 is 2.78 bits per heavy atom. The van der Waals surface area contributed by atoms with Gasteiger partial charge in [0.2, 0.25) is 0 Å². The van der Waals surface area contributed by atoms with Gasteiger partial charge in [-0.05, 0) is 49.8 Å². The van der Waals surface area contributed by atoms with Crippen molar-refractivity contribution in [3.8, 4) is 17.4 Å². The average Bonchev–Trinajstić information content (AvgIpc) is 3.48. The lowest BCUT2D eigenvalue weighted by atomic mass is 9.83. The molecule has 1 aliphatic carbocycles. The number of hydrogen-bond acceptors (Lipinski definition) is 8. The molecule has 2 aliphatic rings. The first-order valence-corrected chi connectivity index (χ1v) is 12.8. The van der Waals surface area contributed by atoms with Gasteiger partial charge in [-0.25, -0.2) is 14.6 Å². The summed E-state index contributed by atoms with van der Waals surface area (Å²) in [4.78, 5) is 27.5. The molecule has 1 saturated heterocycles. The summed E-state index contributed by atoms with van der Waals surface area (Å²) in [6.07, 6.45) is 6.97. The van der Waals surface area contributed by atoms with Crippen LogP contribution < -0.4 is 9.64 Å². The zero-order valence-electron chi connectivity index (χ0n) is 21.1. The number of nitrogens with zero attached hydrogens (tertiary/aromatic N) is 7. The van der Waals surface area contributed by atoms with Crippen molar-refractivity contribution in [1.82, 2.24) is 29.9 Å². The van der Waals surface area contributed by atoms with Crippen LogP contribution in [0.1, 0.15) is 62.5 Å². The van der Waals surface area contributed by atoms with Gasteiger partial charge in [0.25, 0.3) is 0 Å². The van der Waals surface area contributed by atoms with Crippen molar-refractivity contribution in [3.05, 3.63) is 41.5 Å².